The SMILES string of the molecule is CCN(CC(=O)O)C1CC(NC(=O)NCC2CCCN2C2CCCCC2)C1. The average molecular weight is 381 g/mol. The van der Waals surface area contributed by atoms with E-state index < -0.39 is 5.97 Å². The number of amides is 2. The Balaban J connectivity index is 1.35. The molecular formula is C20H36N4O3. The zero-order chi connectivity index (χ0) is 19.2. The van der Waals surface area contributed by atoms with E-state index in [4.69, 9.17) is 5.11 Å². The monoisotopic (exact) mass is 380 g/mol. The number of carboxylic acids is 1. The summed E-state index contributed by atoms with van der Waals surface area (Å²) in [6.07, 6.45) is 10.8. The third kappa shape index (κ3) is 5.57. The highest BCUT2D eigenvalue weighted by Gasteiger charge is 2.35. The largest absolute Gasteiger partial charge is 0.480 e. The number of carboxylic acid groups (broad SMARTS) is 1. The van der Waals surface area contributed by atoms with Crippen LogP contribution in [0.1, 0.15) is 64.7 Å². The molecule has 2 saturated carbocycles. The zero-order valence-electron chi connectivity index (χ0n) is 16.7. The van der Waals surface area contributed by atoms with E-state index in [9.17, 15) is 9.59 Å². The summed E-state index contributed by atoms with van der Waals surface area (Å²) >= 11 is 0. The molecule has 0 spiro atoms. The molecule has 7 nitrogen and oxygen atoms in total. The lowest BCUT2D eigenvalue weighted by Crippen LogP contribution is -2.57. The summed E-state index contributed by atoms with van der Waals surface area (Å²) in [5.74, 6) is -0.787. The fraction of sp³-hybridized carbons (Fsp3) is 0.900. The maximum atomic E-state index is 12.3. The third-order valence-electron chi connectivity index (χ3n) is 6.67. The Hall–Kier alpha value is -1.34. The number of aliphatic carboxylic acids is 1. The molecule has 154 valence electrons. The molecule has 3 rings (SSSR count). The average Bonchev–Trinajstić information content (AvgIpc) is 3.10. The maximum absolute atomic E-state index is 12.3. The highest BCUT2D eigenvalue weighted by molar-refractivity contribution is 5.74. The summed E-state index contributed by atoms with van der Waals surface area (Å²) in [5.41, 5.74) is 0. The van der Waals surface area contributed by atoms with Crippen LogP contribution in [0, 0.1) is 0 Å². The van der Waals surface area contributed by atoms with Crippen molar-refractivity contribution in [3.63, 3.8) is 0 Å². The van der Waals surface area contributed by atoms with Crippen molar-refractivity contribution in [3.05, 3.63) is 0 Å². The van der Waals surface area contributed by atoms with Crippen molar-refractivity contribution in [1.29, 1.82) is 0 Å². The number of carbonyl (C=O) groups excluding carboxylic acids is 1. The fourth-order valence-corrected chi connectivity index (χ4v) is 5.09. The molecule has 1 aliphatic heterocycles. The van der Waals surface area contributed by atoms with E-state index >= 15 is 0 Å². The Morgan fingerprint density at radius 2 is 1.85 bits per heavy atom. The highest BCUT2D eigenvalue weighted by atomic mass is 16.4. The fourth-order valence-electron chi connectivity index (χ4n) is 5.09. The Morgan fingerprint density at radius 3 is 2.52 bits per heavy atom. The Labute approximate surface area is 162 Å². The van der Waals surface area contributed by atoms with Crippen LogP contribution in [0.15, 0.2) is 0 Å². The summed E-state index contributed by atoms with van der Waals surface area (Å²) in [6.45, 7) is 4.71. The molecule has 0 radical (unpaired) electrons. The molecule has 3 aliphatic rings. The van der Waals surface area contributed by atoms with E-state index in [1.54, 1.807) is 0 Å². The van der Waals surface area contributed by atoms with Crippen molar-refractivity contribution in [1.82, 2.24) is 20.4 Å². The van der Waals surface area contributed by atoms with Gasteiger partial charge in [-0.05, 0) is 51.6 Å². The molecule has 1 heterocycles. The Bertz CT molecular complexity index is 503. The predicted molar refractivity (Wildman–Crippen MR) is 105 cm³/mol. The van der Waals surface area contributed by atoms with Gasteiger partial charge < -0.3 is 15.7 Å². The predicted octanol–water partition coefficient (Wildman–Crippen LogP) is 2.02. The summed E-state index contributed by atoms with van der Waals surface area (Å²) in [7, 11) is 0. The number of likely N-dealkylation sites (N-methyl/N-ethyl adjacent to an activating group) is 1. The Morgan fingerprint density at radius 1 is 1.11 bits per heavy atom. The summed E-state index contributed by atoms with van der Waals surface area (Å²) < 4.78 is 0. The zero-order valence-corrected chi connectivity index (χ0v) is 16.7. The number of urea groups is 1. The summed E-state index contributed by atoms with van der Waals surface area (Å²) in [6, 6.07) is 1.57. The van der Waals surface area contributed by atoms with Crippen molar-refractivity contribution in [3.8, 4) is 0 Å². The van der Waals surface area contributed by atoms with E-state index in [2.05, 4.69) is 15.5 Å². The first kappa shape index (κ1) is 20.4. The molecular weight excluding hydrogens is 344 g/mol. The number of likely N-dealkylation sites (tertiary alicyclic amines) is 1. The Kier molecular flexibility index (Phi) is 7.35. The minimum atomic E-state index is -0.787. The highest BCUT2D eigenvalue weighted by Crippen LogP contribution is 2.29. The first-order valence-corrected chi connectivity index (χ1v) is 10.8. The normalized spacial score (nSPS) is 29.5. The lowest BCUT2D eigenvalue weighted by molar-refractivity contribution is -0.139. The van der Waals surface area contributed by atoms with Crippen LogP contribution in [0.3, 0.4) is 0 Å². The molecule has 2 amide bonds. The lowest BCUT2D eigenvalue weighted by Gasteiger charge is -2.42. The van der Waals surface area contributed by atoms with Crippen LogP contribution in [0.5, 0.6) is 0 Å². The minimum absolute atomic E-state index is 0.0739. The number of hydrogen-bond donors (Lipinski definition) is 3. The molecule has 2 aliphatic carbocycles. The van der Waals surface area contributed by atoms with Crippen molar-refractivity contribution in [2.45, 2.75) is 88.9 Å². The second-order valence-corrected chi connectivity index (χ2v) is 8.46. The number of rotatable bonds is 8. The molecule has 7 heteroatoms. The van der Waals surface area contributed by atoms with E-state index in [0.717, 1.165) is 32.0 Å². The van der Waals surface area contributed by atoms with Gasteiger partial charge in [0.1, 0.15) is 0 Å². The van der Waals surface area contributed by atoms with Crippen LogP contribution >= 0.6 is 0 Å². The van der Waals surface area contributed by atoms with Crippen LogP contribution in [-0.2, 0) is 4.79 Å². The van der Waals surface area contributed by atoms with Gasteiger partial charge in [-0.1, -0.05) is 26.2 Å². The van der Waals surface area contributed by atoms with Gasteiger partial charge in [0.25, 0.3) is 0 Å². The molecule has 0 bridgehead atoms. The summed E-state index contributed by atoms with van der Waals surface area (Å²) in [4.78, 5) is 27.8. The van der Waals surface area contributed by atoms with Gasteiger partial charge in [0.2, 0.25) is 0 Å². The van der Waals surface area contributed by atoms with E-state index in [-0.39, 0.29) is 24.7 Å². The van der Waals surface area contributed by atoms with Gasteiger partial charge >= 0.3 is 12.0 Å². The first-order valence-electron chi connectivity index (χ1n) is 10.8. The van der Waals surface area contributed by atoms with Crippen LogP contribution < -0.4 is 10.6 Å². The quantitative estimate of drug-likeness (QED) is 0.600. The molecule has 0 aromatic rings. The van der Waals surface area contributed by atoms with Crippen LogP contribution in [-0.4, -0.2) is 77.3 Å². The van der Waals surface area contributed by atoms with Gasteiger partial charge in [0.05, 0.1) is 6.54 Å². The molecule has 0 aromatic carbocycles. The molecule has 1 atom stereocenters. The minimum Gasteiger partial charge on any atom is -0.480 e. The van der Waals surface area contributed by atoms with E-state index in [0.29, 0.717) is 6.04 Å². The van der Waals surface area contributed by atoms with Crippen molar-refractivity contribution in [2.75, 3.05) is 26.2 Å². The number of carbonyl (C=O) groups is 2. The van der Waals surface area contributed by atoms with Crippen LogP contribution in [0.4, 0.5) is 4.79 Å². The van der Waals surface area contributed by atoms with Crippen molar-refractivity contribution in [2.24, 2.45) is 0 Å². The van der Waals surface area contributed by atoms with Crippen LogP contribution in [0.2, 0.25) is 0 Å². The number of nitrogens with one attached hydrogen (secondary N) is 2. The smallest absolute Gasteiger partial charge is 0.317 e. The molecule has 1 saturated heterocycles. The third-order valence-corrected chi connectivity index (χ3v) is 6.67. The standard InChI is InChI=1S/C20H36N4O3/c1-2-23(14-19(25)26)18-11-15(12-18)22-20(27)21-13-17-9-6-10-24(17)16-7-4-3-5-8-16/h15-18H,2-14H2,1H3,(H,25,26)(H2,21,22,27). The number of hydrogen-bond acceptors (Lipinski definition) is 4. The molecule has 27 heavy (non-hydrogen) atoms. The number of nitrogens with zero attached hydrogens (tertiary/aromatic N) is 2. The molecule has 3 fully saturated rings. The van der Waals surface area contributed by atoms with Gasteiger partial charge in [-0.25, -0.2) is 4.79 Å². The molecule has 1 unspecified atom stereocenters. The van der Waals surface area contributed by atoms with Crippen molar-refractivity contribution < 1.29 is 14.7 Å². The summed E-state index contributed by atoms with van der Waals surface area (Å²) in [5, 5.41) is 15.1. The van der Waals surface area contributed by atoms with E-state index in [1.165, 1.54) is 51.5 Å². The lowest BCUT2D eigenvalue weighted by atomic mass is 9.85. The van der Waals surface area contributed by atoms with Crippen LogP contribution in [0.25, 0.3) is 0 Å². The van der Waals surface area contributed by atoms with Gasteiger partial charge in [0.15, 0.2) is 0 Å². The second-order valence-electron chi connectivity index (χ2n) is 8.46. The topological polar surface area (TPSA) is 84.9 Å². The maximum Gasteiger partial charge on any atom is 0.317 e. The van der Waals surface area contributed by atoms with Gasteiger partial charge in [-0.3, -0.25) is 14.6 Å². The van der Waals surface area contributed by atoms with E-state index in [1.807, 2.05) is 11.8 Å². The second kappa shape index (κ2) is 9.73. The molecule has 0 aromatic heterocycles. The van der Waals surface area contributed by atoms with Crippen molar-refractivity contribution >= 4 is 12.0 Å². The van der Waals surface area contributed by atoms with Gasteiger partial charge in [0, 0.05) is 30.7 Å². The van der Waals surface area contributed by atoms with Gasteiger partial charge in [-0.2, -0.15) is 0 Å². The molecule has 3 N–H and O–H groups in total. The first-order chi connectivity index (χ1) is 13.1. The van der Waals surface area contributed by atoms with Gasteiger partial charge in [-0.15, -0.1) is 0 Å².